The maximum Gasteiger partial charge on any atom is 0.338 e. The fourth-order valence-corrected chi connectivity index (χ4v) is 3.66. The number of amides is 3. The smallest absolute Gasteiger partial charge is 0.338 e. The van der Waals surface area contributed by atoms with E-state index in [0.29, 0.717) is 18.8 Å². The Balaban J connectivity index is 1.61. The lowest BCUT2D eigenvalue weighted by Gasteiger charge is -2.33. The first kappa shape index (κ1) is 20.6. The second kappa shape index (κ2) is 8.93. The van der Waals surface area contributed by atoms with Gasteiger partial charge in [0.2, 0.25) is 11.8 Å². The minimum Gasteiger partial charge on any atom is -0.452 e. The van der Waals surface area contributed by atoms with E-state index in [2.05, 4.69) is 10.6 Å². The molecule has 2 aliphatic heterocycles. The molecule has 1 saturated heterocycles. The number of nitrogens with one attached hydrogen (secondary N) is 2. The third-order valence-electron chi connectivity index (χ3n) is 5.12. The van der Waals surface area contributed by atoms with Crippen molar-refractivity contribution < 1.29 is 23.9 Å². The van der Waals surface area contributed by atoms with Gasteiger partial charge in [0.05, 0.1) is 23.5 Å². The van der Waals surface area contributed by atoms with E-state index in [4.69, 9.17) is 4.74 Å². The minimum absolute atomic E-state index is 0.0698. The van der Waals surface area contributed by atoms with Crippen LogP contribution in [0.2, 0.25) is 0 Å². The normalized spacial score (nSPS) is 17.1. The Hall–Kier alpha value is -3.10. The first-order valence-corrected chi connectivity index (χ1v) is 9.87. The van der Waals surface area contributed by atoms with Crippen LogP contribution in [-0.4, -0.2) is 67.4 Å². The lowest BCUT2D eigenvalue weighted by molar-refractivity contribution is -0.138. The van der Waals surface area contributed by atoms with Crippen molar-refractivity contribution in [1.82, 2.24) is 10.2 Å². The van der Waals surface area contributed by atoms with Crippen molar-refractivity contribution in [2.45, 2.75) is 32.7 Å². The molecule has 0 bridgehead atoms. The number of rotatable bonds is 7. The predicted molar refractivity (Wildman–Crippen MR) is 107 cm³/mol. The lowest BCUT2D eigenvalue weighted by Crippen LogP contribution is -2.44. The number of hydrogen-bond acceptors (Lipinski definition) is 6. The van der Waals surface area contributed by atoms with Gasteiger partial charge < -0.3 is 25.2 Å². The van der Waals surface area contributed by atoms with Crippen LogP contribution in [0.3, 0.4) is 0 Å². The van der Waals surface area contributed by atoms with Gasteiger partial charge in [-0.3, -0.25) is 14.4 Å². The standard InChI is InChI=1S/C20H26N4O5/c1-3-21-17(25)11-23(4-2)18(26)12-29-20(28)13-7-8-15-14(10-13)22-19(27)16-6-5-9-24(15)16/h7-8,10,16H,3-6,9,11-12H2,1-2H3,(H,21,25)(H,22,27)/t16-/m0/s1. The Morgan fingerprint density at radius 2 is 2.10 bits per heavy atom. The molecule has 2 heterocycles. The van der Waals surface area contributed by atoms with Gasteiger partial charge in [0.1, 0.15) is 6.04 Å². The zero-order valence-corrected chi connectivity index (χ0v) is 16.7. The van der Waals surface area contributed by atoms with E-state index in [0.717, 1.165) is 25.1 Å². The van der Waals surface area contributed by atoms with Crippen molar-refractivity contribution in [2.24, 2.45) is 0 Å². The fourth-order valence-electron chi connectivity index (χ4n) is 3.66. The lowest BCUT2D eigenvalue weighted by atomic mass is 10.1. The molecule has 9 heteroatoms. The summed E-state index contributed by atoms with van der Waals surface area (Å²) in [7, 11) is 0. The summed E-state index contributed by atoms with van der Waals surface area (Å²) >= 11 is 0. The van der Waals surface area contributed by atoms with Gasteiger partial charge in [-0.05, 0) is 44.9 Å². The van der Waals surface area contributed by atoms with Crippen molar-refractivity contribution in [3.63, 3.8) is 0 Å². The average Bonchev–Trinajstić information content (AvgIpc) is 3.20. The van der Waals surface area contributed by atoms with Crippen molar-refractivity contribution >= 4 is 35.1 Å². The summed E-state index contributed by atoms with van der Waals surface area (Å²) in [5.74, 6) is -1.44. The van der Waals surface area contributed by atoms with Crippen molar-refractivity contribution in [3.05, 3.63) is 23.8 Å². The highest BCUT2D eigenvalue weighted by Crippen LogP contribution is 2.37. The maximum atomic E-state index is 12.4. The van der Waals surface area contributed by atoms with Crippen LogP contribution in [0.15, 0.2) is 18.2 Å². The molecule has 9 nitrogen and oxygen atoms in total. The van der Waals surface area contributed by atoms with Gasteiger partial charge in [-0.2, -0.15) is 0 Å². The molecule has 1 aromatic rings. The first-order valence-electron chi connectivity index (χ1n) is 9.87. The first-order chi connectivity index (χ1) is 13.9. The van der Waals surface area contributed by atoms with Gasteiger partial charge in [0, 0.05) is 19.6 Å². The van der Waals surface area contributed by atoms with Crippen molar-refractivity contribution in [3.8, 4) is 0 Å². The van der Waals surface area contributed by atoms with Crippen molar-refractivity contribution in [1.29, 1.82) is 0 Å². The van der Waals surface area contributed by atoms with Crippen LogP contribution in [0.4, 0.5) is 11.4 Å². The van der Waals surface area contributed by atoms with Gasteiger partial charge in [0.25, 0.3) is 5.91 Å². The maximum absolute atomic E-state index is 12.4. The number of benzene rings is 1. The summed E-state index contributed by atoms with van der Waals surface area (Å²) in [6.45, 7) is 4.62. The Kier molecular flexibility index (Phi) is 6.36. The predicted octanol–water partition coefficient (Wildman–Crippen LogP) is 0.749. The average molecular weight is 402 g/mol. The van der Waals surface area contributed by atoms with Crippen molar-refractivity contribution in [2.75, 3.05) is 43.0 Å². The van der Waals surface area contributed by atoms with E-state index in [1.807, 2.05) is 4.90 Å². The molecule has 3 amide bonds. The fraction of sp³-hybridized carbons (Fsp3) is 0.500. The van der Waals surface area contributed by atoms with Crippen LogP contribution in [0, 0.1) is 0 Å². The van der Waals surface area contributed by atoms with E-state index in [1.54, 1.807) is 32.0 Å². The number of esters is 1. The molecule has 3 rings (SSSR count). The largest absolute Gasteiger partial charge is 0.452 e. The summed E-state index contributed by atoms with van der Waals surface area (Å²) in [5, 5.41) is 5.47. The van der Waals surface area contributed by atoms with E-state index in [1.165, 1.54) is 4.90 Å². The zero-order chi connectivity index (χ0) is 21.0. The highest BCUT2D eigenvalue weighted by molar-refractivity contribution is 6.05. The zero-order valence-electron chi connectivity index (χ0n) is 16.7. The third-order valence-corrected chi connectivity index (χ3v) is 5.12. The quantitative estimate of drug-likeness (QED) is 0.652. The second-order valence-electron chi connectivity index (χ2n) is 7.01. The van der Waals surface area contributed by atoms with Gasteiger partial charge in [-0.15, -0.1) is 0 Å². The highest BCUT2D eigenvalue weighted by Gasteiger charge is 2.36. The molecule has 2 N–H and O–H groups in total. The molecule has 156 valence electrons. The van der Waals surface area contributed by atoms with E-state index >= 15 is 0 Å². The summed E-state index contributed by atoms with van der Waals surface area (Å²) in [6.07, 6.45) is 1.77. The molecular formula is C20H26N4O5. The van der Waals surface area contributed by atoms with Crippen LogP contribution < -0.4 is 15.5 Å². The molecule has 1 atom stereocenters. The Labute approximate surface area is 169 Å². The van der Waals surface area contributed by atoms with Gasteiger partial charge in [-0.1, -0.05) is 0 Å². The number of fused-ring (bicyclic) bond motifs is 3. The molecule has 0 unspecified atom stereocenters. The van der Waals surface area contributed by atoms with Crippen LogP contribution in [0.1, 0.15) is 37.0 Å². The van der Waals surface area contributed by atoms with E-state index in [-0.39, 0.29) is 30.0 Å². The number of carbonyl (C=O) groups is 4. The number of anilines is 2. The Morgan fingerprint density at radius 3 is 2.83 bits per heavy atom. The SMILES string of the molecule is CCNC(=O)CN(CC)C(=O)COC(=O)c1ccc2c(c1)NC(=O)[C@@H]1CCCN21. The van der Waals surface area contributed by atoms with Crippen LogP contribution in [0.25, 0.3) is 0 Å². The summed E-state index contributed by atoms with van der Waals surface area (Å²) in [4.78, 5) is 51.9. The summed E-state index contributed by atoms with van der Waals surface area (Å²) in [5.41, 5.74) is 1.71. The number of likely N-dealkylation sites (N-methyl/N-ethyl adjacent to an activating group) is 2. The Bertz CT molecular complexity index is 825. The monoisotopic (exact) mass is 402 g/mol. The van der Waals surface area contributed by atoms with E-state index in [9.17, 15) is 19.2 Å². The molecular weight excluding hydrogens is 376 g/mol. The number of carbonyl (C=O) groups excluding carboxylic acids is 4. The van der Waals surface area contributed by atoms with Gasteiger partial charge in [0.15, 0.2) is 6.61 Å². The van der Waals surface area contributed by atoms with Crippen LogP contribution in [0.5, 0.6) is 0 Å². The molecule has 1 aromatic carbocycles. The molecule has 0 radical (unpaired) electrons. The molecule has 0 spiro atoms. The van der Waals surface area contributed by atoms with Gasteiger partial charge in [-0.25, -0.2) is 4.79 Å². The summed E-state index contributed by atoms with van der Waals surface area (Å²) in [6, 6.07) is 4.84. The minimum atomic E-state index is -0.659. The molecule has 1 fully saturated rings. The molecule has 0 aliphatic carbocycles. The summed E-state index contributed by atoms with van der Waals surface area (Å²) < 4.78 is 5.13. The second-order valence-corrected chi connectivity index (χ2v) is 7.01. The number of nitrogens with zero attached hydrogens (tertiary/aromatic N) is 2. The molecule has 2 aliphatic rings. The molecule has 0 saturated carbocycles. The highest BCUT2D eigenvalue weighted by atomic mass is 16.5. The van der Waals surface area contributed by atoms with Crippen LogP contribution >= 0.6 is 0 Å². The number of hydrogen-bond donors (Lipinski definition) is 2. The van der Waals surface area contributed by atoms with E-state index < -0.39 is 18.5 Å². The molecule has 29 heavy (non-hydrogen) atoms. The topological polar surface area (TPSA) is 108 Å². The third kappa shape index (κ3) is 4.49. The number of ether oxygens (including phenoxy) is 1. The Morgan fingerprint density at radius 1 is 1.31 bits per heavy atom. The molecule has 0 aromatic heterocycles. The van der Waals surface area contributed by atoms with Crippen LogP contribution in [-0.2, 0) is 19.1 Å². The van der Waals surface area contributed by atoms with Gasteiger partial charge >= 0.3 is 5.97 Å².